The van der Waals surface area contributed by atoms with Gasteiger partial charge < -0.3 is 9.32 Å². The summed E-state index contributed by atoms with van der Waals surface area (Å²) < 4.78 is 5.43. The number of hydrogen-bond acceptors (Lipinski definition) is 2. The van der Waals surface area contributed by atoms with Crippen molar-refractivity contribution in [3.63, 3.8) is 0 Å². The van der Waals surface area contributed by atoms with Crippen LogP contribution in [0.15, 0.2) is 22.6 Å². The molecule has 0 spiro atoms. The van der Waals surface area contributed by atoms with Crippen LogP contribution in [0.5, 0.6) is 0 Å². The van der Waals surface area contributed by atoms with Gasteiger partial charge in [-0.1, -0.05) is 13.8 Å². The van der Waals surface area contributed by atoms with E-state index in [9.17, 15) is 4.79 Å². The van der Waals surface area contributed by atoms with Gasteiger partial charge in [-0.05, 0) is 51.8 Å². The molecule has 1 heterocycles. The maximum absolute atomic E-state index is 12.3. The number of aryl methyl sites for hydroxylation is 1. The lowest BCUT2D eigenvalue weighted by atomic mass is 10.1. The van der Waals surface area contributed by atoms with Crippen molar-refractivity contribution in [2.75, 3.05) is 0 Å². The zero-order valence-electron chi connectivity index (χ0n) is 12.6. The number of amides is 1. The smallest absolute Gasteiger partial charge is 0.247 e. The summed E-state index contributed by atoms with van der Waals surface area (Å²) in [4.78, 5) is 14.3. The Hall–Kier alpha value is -1.51. The highest BCUT2D eigenvalue weighted by atomic mass is 16.3. The lowest BCUT2D eigenvalue weighted by Gasteiger charge is -2.33. The highest BCUT2D eigenvalue weighted by Crippen LogP contribution is 2.14. The molecule has 0 radical (unpaired) electrons. The molecule has 0 bridgehead atoms. The fourth-order valence-electron chi connectivity index (χ4n) is 2.04. The third kappa shape index (κ3) is 4.27. The molecule has 1 amide bonds. The van der Waals surface area contributed by atoms with Crippen LogP contribution in [-0.4, -0.2) is 22.9 Å². The highest BCUT2D eigenvalue weighted by Gasteiger charge is 2.21. The van der Waals surface area contributed by atoms with Crippen molar-refractivity contribution in [1.29, 1.82) is 0 Å². The van der Waals surface area contributed by atoms with Crippen LogP contribution in [-0.2, 0) is 4.79 Å². The van der Waals surface area contributed by atoms with E-state index in [2.05, 4.69) is 27.7 Å². The van der Waals surface area contributed by atoms with Gasteiger partial charge in [-0.2, -0.15) is 0 Å². The van der Waals surface area contributed by atoms with Crippen molar-refractivity contribution >= 4 is 12.0 Å². The molecule has 1 rings (SSSR count). The van der Waals surface area contributed by atoms with Gasteiger partial charge in [-0.15, -0.1) is 0 Å². The first kappa shape index (κ1) is 15.5. The van der Waals surface area contributed by atoms with E-state index < -0.39 is 0 Å². The average Bonchev–Trinajstić information content (AvgIpc) is 2.81. The van der Waals surface area contributed by atoms with Crippen LogP contribution < -0.4 is 0 Å². The summed E-state index contributed by atoms with van der Waals surface area (Å²) >= 11 is 0. The minimum absolute atomic E-state index is 0.0535. The minimum atomic E-state index is 0.0535. The van der Waals surface area contributed by atoms with Gasteiger partial charge in [0.25, 0.3) is 0 Å². The van der Waals surface area contributed by atoms with Crippen LogP contribution >= 0.6 is 0 Å². The van der Waals surface area contributed by atoms with Gasteiger partial charge in [-0.25, -0.2) is 0 Å². The SMILES string of the molecule is CC[C@@H](C)N(C(=O)/C=C/c1ccc(C)o1)[C@@H](C)CC. The Morgan fingerprint density at radius 1 is 1.26 bits per heavy atom. The van der Waals surface area contributed by atoms with Crippen LogP contribution in [0, 0.1) is 6.92 Å². The molecule has 0 aliphatic heterocycles. The van der Waals surface area contributed by atoms with E-state index >= 15 is 0 Å². The quantitative estimate of drug-likeness (QED) is 0.726. The highest BCUT2D eigenvalue weighted by molar-refractivity contribution is 5.91. The van der Waals surface area contributed by atoms with Crippen LogP contribution in [0.25, 0.3) is 6.08 Å². The molecule has 0 N–H and O–H groups in total. The summed E-state index contributed by atoms with van der Waals surface area (Å²) in [6.45, 7) is 10.3. The summed E-state index contributed by atoms with van der Waals surface area (Å²) in [6.07, 6.45) is 5.28. The van der Waals surface area contributed by atoms with Gasteiger partial charge in [0.1, 0.15) is 11.5 Å². The second kappa shape index (κ2) is 7.17. The van der Waals surface area contributed by atoms with Gasteiger partial charge in [0.05, 0.1) is 0 Å². The maximum atomic E-state index is 12.3. The predicted octanol–water partition coefficient (Wildman–Crippen LogP) is 4.03. The normalized spacial score (nSPS) is 14.6. The van der Waals surface area contributed by atoms with E-state index in [1.807, 2.05) is 24.0 Å². The third-order valence-corrected chi connectivity index (χ3v) is 3.54. The molecule has 1 aromatic rings. The Balaban J connectivity index is 2.79. The molecule has 0 aliphatic carbocycles. The molecule has 0 aromatic carbocycles. The fraction of sp³-hybridized carbons (Fsp3) is 0.562. The largest absolute Gasteiger partial charge is 0.462 e. The Morgan fingerprint density at radius 3 is 2.26 bits per heavy atom. The van der Waals surface area contributed by atoms with Crippen molar-refractivity contribution in [2.24, 2.45) is 0 Å². The van der Waals surface area contributed by atoms with Crippen LogP contribution in [0.1, 0.15) is 52.1 Å². The van der Waals surface area contributed by atoms with E-state index in [1.54, 1.807) is 12.2 Å². The molecular weight excluding hydrogens is 238 g/mol. The van der Waals surface area contributed by atoms with Gasteiger partial charge in [0.2, 0.25) is 5.91 Å². The molecule has 0 saturated heterocycles. The first-order chi connectivity index (χ1) is 8.99. The molecule has 2 atom stereocenters. The van der Waals surface area contributed by atoms with E-state index in [0.29, 0.717) is 0 Å². The Labute approximate surface area is 116 Å². The van der Waals surface area contributed by atoms with E-state index in [4.69, 9.17) is 4.42 Å². The summed E-state index contributed by atoms with van der Waals surface area (Å²) in [5, 5.41) is 0. The molecular formula is C16H25NO2. The molecule has 3 heteroatoms. The molecule has 0 unspecified atom stereocenters. The maximum Gasteiger partial charge on any atom is 0.247 e. The second-order valence-corrected chi connectivity index (χ2v) is 5.04. The number of carbonyl (C=O) groups is 1. The Kier molecular flexibility index (Phi) is 5.87. The predicted molar refractivity (Wildman–Crippen MR) is 78.8 cm³/mol. The number of hydrogen-bond donors (Lipinski definition) is 0. The zero-order chi connectivity index (χ0) is 14.4. The summed E-state index contributed by atoms with van der Waals surface area (Å²) in [7, 11) is 0. The fourth-order valence-corrected chi connectivity index (χ4v) is 2.04. The van der Waals surface area contributed by atoms with Crippen molar-refractivity contribution < 1.29 is 9.21 Å². The average molecular weight is 263 g/mol. The monoisotopic (exact) mass is 263 g/mol. The van der Waals surface area contributed by atoms with Crippen molar-refractivity contribution in [3.8, 4) is 0 Å². The van der Waals surface area contributed by atoms with Gasteiger partial charge in [0.15, 0.2) is 0 Å². The summed E-state index contributed by atoms with van der Waals surface area (Å²) in [5.74, 6) is 1.63. The lowest BCUT2D eigenvalue weighted by molar-refractivity contribution is -0.130. The third-order valence-electron chi connectivity index (χ3n) is 3.54. The standard InChI is InChI=1S/C16H25NO2/c1-6-12(3)17(13(4)7-2)16(18)11-10-15-9-8-14(5)19-15/h8-13H,6-7H2,1-5H3/b11-10+/t12-,13+. The number of nitrogens with zero attached hydrogens (tertiary/aromatic N) is 1. The second-order valence-electron chi connectivity index (χ2n) is 5.04. The van der Waals surface area contributed by atoms with Crippen LogP contribution in [0.4, 0.5) is 0 Å². The molecule has 0 fully saturated rings. The minimum Gasteiger partial charge on any atom is -0.462 e. The molecule has 3 nitrogen and oxygen atoms in total. The van der Waals surface area contributed by atoms with Crippen molar-refractivity contribution in [1.82, 2.24) is 4.90 Å². The van der Waals surface area contributed by atoms with Gasteiger partial charge >= 0.3 is 0 Å². The van der Waals surface area contributed by atoms with Crippen molar-refractivity contribution in [2.45, 2.75) is 59.5 Å². The first-order valence-electron chi connectivity index (χ1n) is 7.06. The molecule has 106 valence electrons. The number of rotatable bonds is 6. The topological polar surface area (TPSA) is 33.5 Å². The number of carbonyl (C=O) groups excluding carboxylic acids is 1. The van der Waals surface area contributed by atoms with E-state index in [1.165, 1.54) is 0 Å². The summed E-state index contributed by atoms with van der Waals surface area (Å²) in [6, 6.07) is 4.28. The Bertz CT molecular complexity index is 424. The van der Waals surface area contributed by atoms with Crippen LogP contribution in [0.3, 0.4) is 0 Å². The molecule has 0 aliphatic rings. The Morgan fingerprint density at radius 2 is 1.84 bits per heavy atom. The van der Waals surface area contributed by atoms with Crippen molar-refractivity contribution in [3.05, 3.63) is 29.7 Å². The van der Waals surface area contributed by atoms with Gasteiger partial charge in [-0.3, -0.25) is 4.79 Å². The first-order valence-corrected chi connectivity index (χ1v) is 7.06. The molecule has 0 saturated carbocycles. The van der Waals surface area contributed by atoms with E-state index in [-0.39, 0.29) is 18.0 Å². The molecule has 19 heavy (non-hydrogen) atoms. The van der Waals surface area contributed by atoms with E-state index in [0.717, 1.165) is 24.4 Å². The lowest BCUT2D eigenvalue weighted by Crippen LogP contribution is -2.43. The molecule has 1 aromatic heterocycles. The number of furan rings is 1. The van der Waals surface area contributed by atoms with Gasteiger partial charge in [0, 0.05) is 18.2 Å². The zero-order valence-corrected chi connectivity index (χ0v) is 12.6. The summed E-state index contributed by atoms with van der Waals surface area (Å²) in [5.41, 5.74) is 0. The van der Waals surface area contributed by atoms with Crippen LogP contribution in [0.2, 0.25) is 0 Å².